The average Bonchev–Trinajstić information content (AvgIpc) is 3.20. The van der Waals surface area contributed by atoms with Crippen LogP contribution in [0.1, 0.15) is 63.1 Å². The first-order valence-corrected chi connectivity index (χ1v) is 10.4. The van der Waals surface area contributed by atoms with Crippen LogP contribution in [0.5, 0.6) is 0 Å². The number of esters is 1. The lowest BCUT2D eigenvalue weighted by atomic mass is 10.1. The minimum atomic E-state index is -0.565. The number of hydrogen-bond donors (Lipinski definition) is 1. The van der Waals surface area contributed by atoms with Crippen molar-refractivity contribution in [2.45, 2.75) is 53.2 Å². The third kappa shape index (κ3) is 6.00. The molecule has 0 aromatic carbocycles. The fraction of sp³-hybridized carbons (Fsp3) is 0.556. The number of nitrogens with zero attached hydrogens (tertiary/aromatic N) is 2. The molecule has 0 unspecified atom stereocenters. The molecular formula is C18H25N3O4S2. The molecule has 0 bridgehead atoms. The summed E-state index contributed by atoms with van der Waals surface area (Å²) in [5, 5.41) is 7.82. The van der Waals surface area contributed by atoms with Crippen LogP contribution in [0, 0.1) is 5.92 Å². The van der Waals surface area contributed by atoms with Gasteiger partial charge in [-0.3, -0.25) is 0 Å². The summed E-state index contributed by atoms with van der Waals surface area (Å²) in [6.07, 6.45) is -0.475. The van der Waals surface area contributed by atoms with Crippen LogP contribution >= 0.6 is 22.7 Å². The summed E-state index contributed by atoms with van der Waals surface area (Å²) in [7, 11) is 0. The zero-order valence-electron chi connectivity index (χ0n) is 16.4. The van der Waals surface area contributed by atoms with E-state index >= 15 is 0 Å². The van der Waals surface area contributed by atoms with Crippen LogP contribution in [0.15, 0.2) is 10.8 Å². The Hall–Kier alpha value is -2.00. The van der Waals surface area contributed by atoms with Gasteiger partial charge in [0.1, 0.15) is 21.3 Å². The van der Waals surface area contributed by atoms with Gasteiger partial charge >= 0.3 is 12.1 Å². The van der Waals surface area contributed by atoms with Gasteiger partial charge in [-0.15, -0.1) is 22.7 Å². The number of alkyl carbamates (subject to hydrolysis) is 1. The number of hydrogen-bond acceptors (Lipinski definition) is 8. The third-order valence-corrected chi connectivity index (χ3v) is 5.13. The second-order valence-electron chi connectivity index (χ2n) is 7.20. The zero-order chi connectivity index (χ0) is 20.2. The molecule has 0 radical (unpaired) electrons. The number of rotatable bonds is 6. The number of nitrogens with one attached hydrogen (secondary N) is 1. The van der Waals surface area contributed by atoms with Gasteiger partial charge in [0.05, 0.1) is 12.6 Å². The predicted octanol–water partition coefficient (Wildman–Crippen LogP) is 4.67. The molecule has 27 heavy (non-hydrogen) atoms. The fourth-order valence-corrected chi connectivity index (χ4v) is 4.02. The van der Waals surface area contributed by atoms with E-state index in [9.17, 15) is 9.59 Å². The van der Waals surface area contributed by atoms with Gasteiger partial charge < -0.3 is 14.8 Å². The SMILES string of the molecule is CCOC(=O)c1csc(-c2csc([C@@H](NC(=O)OC(C)(C)C)C(C)C)n2)n1. The van der Waals surface area contributed by atoms with Crippen molar-refractivity contribution in [1.82, 2.24) is 15.3 Å². The van der Waals surface area contributed by atoms with E-state index in [-0.39, 0.29) is 17.7 Å². The Bertz CT molecular complexity index is 793. The van der Waals surface area contributed by atoms with Crippen molar-refractivity contribution in [3.8, 4) is 10.7 Å². The number of thiazole rings is 2. The summed E-state index contributed by atoms with van der Waals surface area (Å²) in [4.78, 5) is 32.8. The van der Waals surface area contributed by atoms with Crippen LogP contribution in [-0.2, 0) is 9.47 Å². The van der Waals surface area contributed by atoms with Crippen LogP contribution in [-0.4, -0.2) is 34.2 Å². The molecule has 0 saturated carbocycles. The van der Waals surface area contributed by atoms with Gasteiger partial charge in [-0.05, 0) is 33.6 Å². The second kappa shape index (κ2) is 8.79. The maximum Gasteiger partial charge on any atom is 0.408 e. The quantitative estimate of drug-likeness (QED) is 0.695. The summed E-state index contributed by atoms with van der Waals surface area (Å²) in [6.45, 7) is 11.5. The molecule has 9 heteroatoms. The summed E-state index contributed by atoms with van der Waals surface area (Å²) < 4.78 is 10.3. The Morgan fingerprint density at radius 2 is 1.89 bits per heavy atom. The fourth-order valence-electron chi connectivity index (χ4n) is 2.17. The van der Waals surface area contributed by atoms with Crippen molar-refractivity contribution in [3.63, 3.8) is 0 Å². The standard InChI is InChI=1S/C18H25N3O4S2/c1-7-24-16(22)12-9-26-14(20-12)11-8-27-15(19-11)13(10(2)3)21-17(23)25-18(4,5)6/h8-10,13H,7H2,1-6H3,(H,21,23)/t13-/m0/s1. The molecule has 2 rings (SSSR count). The number of aromatic nitrogens is 2. The Morgan fingerprint density at radius 1 is 1.19 bits per heavy atom. The van der Waals surface area contributed by atoms with Crippen molar-refractivity contribution in [2.24, 2.45) is 5.92 Å². The molecule has 2 aromatic heterocycles. The molecule has 0 fully saturated rings. The topological polar surface area (TPSA) is 90.4 Å². The first-order chi connectivity index (χ1) is 12.6. The summed E-state index contributed by atoms with van der Waals surface area (Å²) in [6, 6.07) is -0.275. The molecule has 7 nitrogen and oxygen atoms in total. The molecule has 0 aliphatic heterocycles. The van der Waals surface area contributed by atoms with E-state index in [1.165, 1.54) is 22.7 Å². The van der Waals surface area contributed by atoms with E-state index in [2.05, 4.69) is 15.3 Å². The lowest BCUT2D eigenvalue weighted by molar-refractivity contribution is 0.0486. The summed E-state index contributed by atoms with van der Waals surface area (Å²) in [5.74, 6) is -0.315. The minimum Gasteiger partial charge on any atom is -0.461 e. The lowest BCUT2D eigenvalue weighted by Crippen LogP contribution is -2.36. The molecule has 0 aliphatic rings. The highest BCUT2D eigenvalue weighted by atomic mass is 32.1. The van der Waals surface area contributed by atoms with Gasteiger partial charge in [0.2, 0.25) is 0 Å². The van der Waals surface area contributed by atoms with Crippen LogP contribution < -0.4 is 5.32 Å². The molecule has 1 atom stereocenters. The van der Waals surface area contributed by atoms with Crippen LogP contribution in [0.3, 0.4) is 0 Å². The molecule has 148 valence electrons. The van der Waals surface area contributed by atoms with Crippen LogP contribution in [0.4, 0.5) is 4.79 Å². The first kappa shape index (κ1) is 21.3. The van der Waals surface area contributed by atoms with Crippen molar-refractivity contribution in [3.05, 3.63) is 21.5 Å². The first-order valence-electron chi connectivity index (χ1n) is 8.68. The monoisotopic (exact) mass is 411 g/mol. The molecule has 2 aromatic rings. The highest BCUT2D eigenvalue weighted by Gasteiger charge is 2.25. The highest BCUT2D eigenvalue weighted by Crippen LogP contribution is 2.31. The van der Waals surface area contributed by atoms with E-state index in [0.29, 0.717) is 17.3 Å². The van der Waals surface area contributed by atoms with Gasteiger partial charge in [-0.2, -0.15) is 0 Å². The number of ether oxygens (including phenoxy) is 2. The Morgan fingerprint density at radius 3 is 2.48 bits per heavy atom. The van der Waals surface area contributed by atoms with Gasteiger partial charge in [0, 0.05) is 10.8 Å². The predicted molar refractivity (Wildman–Crippen MR) is 106 cm³/mol. The number of carbonyl (C=O) groups is 2. The van der Waals surface area contributed by atoms with Gasteiger partial charge in [0.25, 0.3) is 0 Å². The molecule has 0 spiro atoms. The molecule has 2 heterocycles. The van der Waals surface area contributed by atoms with E-state index in [1.54, 1.807) is 12.3 Å². The van der Waals surface area contributed by atoms with E-state index in [0.717, 1.165) is 5.01 Å². The largest absolute Gasteiger partial charge is 0.461 e. The molecule has 0 aliphatic carbocycles. The molecular weight excluding hydrogens is 386 g/mol. The van der Waals surface area contributed by atoms with E-state index < -0.39 is 17.7 Å². The Balaban J connectivity index is 2.16. The van der Waals surface area contributed by atoms with Crippen molar-refractivity contribution >= 4 is 34.7 Å². The van der Waals surface area contributed by atoms with Gasteiger partial charge in [-0.1, -0.05) is 13.8 Å². The van der Waals surface area contributed by atoms with Crippen molar-refractivity contribution in [2.75, 3.05) is 6.61 Å². The second-order valence-corrected chi connectivity index (χ2v) is 8.95. The van der Waals surface area contributed by atoms with Crippen LogP contribution in [0.25, 0.3) is 10.7 Å². The van der Waals surface area contributed by atoms with Gasteiger partial charge in [0.15, 0.2) is 5.69 Å². The summed E-state index contributed by atoms with van der Waals surface area (Å²) >= 11 is 2.77. The maximum absolute atomic E-state index is 12.1. The maximum atomic E-state index is 12.1. The summed E-state index contributed by atoms with van der Waals surface area (Å²) in [5.41, 5.74) is 0.384. The van der Waals surface area contributed by atoms with E-state index in [1.807, 2.05) is 40.0 Å². The minimum absolute atomic E-state index is 0.128. The zero-order valence-corrected chi connectivity index (χ0v) is 18.0. The van der Waals surface area contributed by atoms with Crippen LogP contribution in [0.2, 0.25) is 0 Å². The number of amides is 1. The Kier molecular flexibility index (Phi) is 6.94. The van der Waals surface area contributed by atoms with Gasteiger partial charge in [-0.25, -0.2) is 19.6 Å². The third-order valence-electron chi connectivity index (χ3n) is 3.33. The highest BCUT2D eigenvalue weighted by molar-refractivity contribution is 7.14. The molecule has 1 N–H and O–H groups in total. The lowest BCUT2D eigenvalue weighted by Gasteiger charge is -2.24. The number of carbonyl (C=O) groups excluding carboxylic acids is 2. The molecule has 1 amide bonds. The average molecular weight is 412 g/mol. The normalized spacial score (nSPS) is 12.7. The smallest absolute Gasteiger partial charge is 0.408 e. The molecule has 0 saturated heterocycles. The van der Waals surface area contributed by atoms with Crippen molar-refractivity contribution in [1.29, 1.82) is 0 Å². The van der Waals surface area contributed by atoms with E-state index in [4.69, 9.17) is 9.47 Å². The Labute approximate surface area is 167 Å². The van der Waals surface area contributed by atoms with Crippen molar-refractivity contribution < 1.29 is 19.1 Å².